The Balaban J connectivity index is 1.66. The Morgan fingerprint density at radius 3 is 1.86 bits per heavy atom. The van der Waals surface area contributed by atoms with Crippen LogP contribution in [0.25, 0.3) is 0 Å². The zero-order valence-electron chi connectivity index (χ0n) is 13.2. The van der Waals surface area contributed by atoms with Crippen molar-refractivity contribution in [2.24, 2.45) is 0 Å². The predicted octanol–water partition coefficient (Wildman–Crippen LogP) is 2.89. The lowest BCUT2D eigenvalue weighted by Gasteiger charge is -2.04. The molecule has 0 radical (unpaired) electrons. The van der Waals surface area contributed by atoms with Gasteiger partial charge in [-0.3, -0.25) is 4.18 Å². The first-order chi connectivity index (χ1) is 10.1. The van der Waals surface area contributed by atoms with Crippen molar-refractivity contribution in [3.63, 3.8) is 0 Å². The van der Waals surface area contributed by atoms with Crippen molar-refractivity contribution in [3.8, 4) is 0 Å². The molecule has 0 aromatic heterocycles. The highest BCUT2D eigenvalue weighted by molar-refractivity contribution is 7.85. The molecule has 1 unspecified atom stereocenters. The molecule has 6 heteroatoms. The van der Waals surface area contributed by atoms with E-state index in [4.69, 9.17) is 13.7 Å². The summed E-state index contributed by atoms with van der Waals surface area (Å²) in [6.45, 7) is 2.83. The van der Waals surface area contributed by atoms with Crippen LogP contribution in [0.5, 0.6) is 0 Å². The van der Waals surface area contributed by atoms with Crippen LogP contribution in [-0.4, -0.2) is 47.2 Å². The lowest BCUT2D eigenvalue weighted by molar-refractivity contribution is 0.113. The number of unbranched alkanes of at least 4 members (excludes halogenated alkanes) is 8. The highest BCUT2D eigenvalue weighted by atomic mass is 32.2. The Morgan fingerprint density at radius 2 is 1.38 bits per heavy atom. The maximum atomic E-state index is 10.7. The fourth-order valence-electron chi connectivity index (χ4n) is 2.13. The summed E-state index contributed by atoms with van der Waals surface area (Å²) in [4.78, 5) is 0. The van der Waals surface area contributed by atoms with Crippen molar-refractivity contribution in [1.82, 2.24) is 0 Å². The van der Waals surface area contributed by atoms with Gasteiger partial charge in [0.2, 0.25) is 0 Å². The van der Waals surface area contributed by atoms with E-state index >= 15 is 0 Å². The summed E-state index contributed by atoms with van der Waals surface area (Å²) in [5, 5.41) is 0. The fraction of sp³-hybridized carbons (Fsp3) is 1.00. The van der Waals surface area contributed by atoms with E-state index < -0.39 is 10.1 Å². The average molecular weight is 322 g/mol. The molecule has 1 rings (SSSR count). The van der Waals surface area contributed by atoms with E-state index in [1.54, 1.807) is 0 Å². The first kappa shape index (κ1) is 18.9. The molecule has 1 heterocycles. The molecule has 0 amide bonds. The molecule has 5 nitrogen and oxygen atoms in total. The second-order valence-electron chi connectivity index (χ2n) is 5.74. The molecule has 1 atom stereocenters. The zero-order chi connectivity index (χ0) is 15.4. The first-order valence-electron chi connectivity index (χ1n) is 8.12. The van der Waals surface area contributed by atoms with Gasteiger partial charge in [0.25, 0.3) is 10.1 Å². The second kappa shape index (κ2) is 11.4. The van der Waals surface area contributed by atoms with E-state index in [9.17, 15) is 8.42 Å². The SMILES string of the molecule is CS(=O)(=O)OCCCCCCCCCCCOCC1CO1. The Hall–Kier alpha value is -0.170. The quantitative estimate of drug-likeness (QED) is 0.263. The zero-order valence-corrected chi connectivity index (χ0v) is 14.0. The molecular weight excluding hydrogens is 292 g/mol. The molecule has 0 spiro atoms. The number of rotatable bonds is 15. The van der Waals surface area contributed by atoms with Crippen molar-refractivity contribution in [1.29, 1.82) is 0 Å². The third-order valence-electron chi connectivity index (χ3n) is 3.44. The van der Waals surface area contributed by atoms with Crippen LogP contribution in [0.4, 0.5) is 0 Å². The topological polar surface area (TPSA) is 65.1 Å². The van der Waals surface area contributed by atoms with Gasteiger partial charge in [0.1, 0.15) is 6.10 Å². The highest BCUT2D eigenvalue weighted by Crippen LogP contribution is 2.11. The largest absolute Gasteiger partial charge is 0.379 e. The van der Waals surface area contributed by atoms with Gasteiger partial charge in [-0.05, 0) is 12.8 Å². The van der Waals surface area contributed by atoms with Crippen LogP contribution >= 0.6 is 0 Å². The summed E-state index contributed by atoms with van der Waals surface area (Å²) in [5.74, 6) is 0. The Kier molecular flexibility index (Phi) is 10.3. The second-order valence-corrected chi connectivity index (χ2v) is 7.38. The predicted molar refractivity (Wildman–Crippen MR) is 82.9 cm³/mol. The molecule has 21 heavy (non-hydrogen) atoms. The Morgan fingerprint density at radius 1 is 0.905 bits per heavy atom. The van der Waals surface area contributed by atoms with Crippen LogP contribution in [0, 0.1) is 0 Å². The summed E-state index contributed by atoms with van der Waals surface area (Å²) in [6, 6.07) is 0. The van der Waals surface area contributed by atoms with Crippen molar-refractivity contribution in [2.75, 3.05) is 32.7 Å². The van der Waals surface area contributed by atoms with Crippen molar-refractivity contribution in [2.45, 2.75) is 63.9 Å². The van der Waals surface area contributed by atoms with Gasteiger partial charge in [0.05, 0.1) is 26.1 Å². The van der Waals surface area contributed by atoms with E-state index in [0.29, 0.717) is 12.7 Å². The standard InChI is InChI=1S/C15H30O5S/c1-21(16,17)20-12-10-8-6-4-2-3-5-7-9-11-18-13-15-14-19-15/h15H,2-14H2,1H3. The minimum atomic E-state index is -3.26. The maximum absolute atomic E-state index is 10.7. The molecule has 126 valence electrons. The molecular formula is C15H30O5S. The third-order valence-corrected chi connectivity index (χ3v) is 4.03. The van der Waals surface area contributed by atoms with Gasteiger partial charge in [-0.15, -0.1) is 0 Å². The molecule has 0 aliphatic carbocycles. The molecule has 1 saturated heterocycles. The van der Waals surface area contributed by atoms with Crippen LogP contribution in [-0.2, 0) is 23.8 Å². The van der Waals surface area contributed by atoms with Crippen LogP contribution in [0.1, 0.15) is 57.8 Å². The molecule has 0 aromatic carbocycles. The van der Waals surface area contributed by atoms with Gasteiger partial charge in [0, 0.05) is 6.61 Å². The summed E-state index contributed by atoms with van der Waals surface area (Å²) < 4.78 is 36.7. The van der Waals surface area contributed by atoms with Crippen LogP contribution in [0.15, 0.2) is 0 Å². The molecule has 0 saturated carbocycles. The summed E-state index contributed by atoms with van der Waals surface area (Å²) >= 11 is 0. The molecule has 0 bridgehead atoms. The lowest BCUT2D eigenvalue weighted by atomic mass is 10.1. The number of ether oxygens (including phenoxy) is 2. The minimum absolute atomic E-state index is 0.324. The van der Waals surface area contributed by atoms with Gasteiger partial charge in [0.15, 0.2) is 0 Å². The molecule has 0 aromatic rings. The third kappa shape index (κ3) is 14.5. The first-order valence-corrected chi connectivity index (χ1v) is 9.93. The molecule has 1 fully saturated rings. The van der Waals surface area contributed by atoms with E-state index in [1.165, 1.54) is 32.1 Å². The average Bonchev–Trinajstić information content (AvgIpc) is 3.22. The van der Waals surface area contributed by atoms with Crippen molar-refractivity contribution < 1.29 is 22.1 Å². The summed E-state index contributed by atoms with van der Waals surface area (Å²) in [6.07, 6.45) is 12.0. The van der Waals surface area contributed by atoms with E-state index in [0.717, 1.165) is 51.8 Å². The summed E-state index contributed by atoms with van der Waals surface area (Å²) in [5.41, 5.74) is 0. The molecule has 1 aliphatic heterocycles. The van der Waals surface area contributed by atoms with Crippen LogP contribution in [0.3, 0.4) is 0 Å². The lowest BCUT2D eigenvalue weighted by Crippen LogP contribution is -2.03. The van der Waals surface area contributed by atoms with Gasteiger partial charge < -0.3 is 9.47 Å². The number of hydrogen-bond acceptors (Lipinski definition) is 5. The van der Waals surface area contributed by atoms with E-state index in [1.807, 2.05) is 0 Å². The minimum Gasteiger partial charge on any atom is -0.379 e. The Bertz CT molecular complexity index is 338. The van der Waals surface area contributed by atoms with Crippen LogP contribution in [0.2, 0.25) is 0 Å². The number of hydrogen-bond donors (Lipinski definition) is 0. The molecule has 0 N–H and O–H groups in total. The highest BCUT2D eigenvalue weighted by Gasteiger charge is 2.21. The monoisotopic (exact) mass is 322 g/mol. The smallest absolute Gasteiger partial charge is 0.264 e. The van der Waals surface area contributed by atoms with Gasteiger partial charge in [-0.1, -0.05) is 44.9 Å². The fourth-order valence-corrected chi connectivity index (χ4v) is 2.55. The van der Waals surface area contributed by atoms with Gasteiger partial charge >= 0.3 is 0 Å². The maximum Gasteiger partial charge on any atom is 0.264 e. The van der Waals surface area contributed by atoms with E-state index in [-0.39, 0.29) is 0 Å². The number of epoxide rings is 1. The van der Waals surface area contributed by atoms with Crippen molar-refractivity contribution >= 4 is 10.1 Å². The van der Waals surface area contributed by atoms with Crippen molar-refractivity contribution in [3.05, 3.63) is 0 Å². The normalized spacial score (nSPS) is 18.0. The van der Waals surface area contributed by atoms with Crippen LogP contribution < -0.4 is 0 Å². The van der Waals surface area contributed by atoms with Gasteiger partial charge in [-0.2, -0.15) is 8.42 Å². The molecule has 1 aliphatic rings. The Labute approximate surface area is 129 Å². The van der Waals surface area contributed by atoms with E-state index in [2.05, 4.69) is 0 Å². The summed E-state index contributed by atoms with van der Waals surface area (Å²) in [7, 11) is -3.26. The van der Waals surface area contributed by atoms with Gasteiger partial charge in [-0.25, -0.2) is 0 Å².